The Labute approximate surface area is 112 Å². The van der Waals surface area contributed by atoms with Crippen LogP contribution in [0.2, 0.25) is 0 Å². The Hall–Kier alpha value is -1.84. The summed E-state index contributed by atoms with van der Waals surface area (Å²) in [5.41, 5.74) is 1.08. The van der Waals surface area contributed by atoms with E-state index in [1.54, 1.807) is 18.2 Å². The highest BCUT2D eigenvalue weighted by molar-refractivity contribution is 5.89. The molecule has 0 unspecified atom stereocenters. The zero-order valence-electron chi connectivity index (χ0n) is 11.1. The summed E-state index contributed by atoms with van der Waals surface area (Å²) in [6.45, 7) is 2.59. The number of carbonyl (C=O) groups is 2. The molecule has 1 saturated carbocycles. The quantitative estimate of drug-likeness (QED) is 0.824. The molecule has 2 rings (SSSR count). The molecule has 19 heavy (non-hydrogen) atoms. The summed E-state index contributed by atoms with van der Waals surface area (Å²) in [6.07, 6.45) is 2.60. The number of carbonyl (C=O) groups excluding carboxylic acids is 1. The van der Waals surface area contributed by atoms with Crippen molar-refractivity contribution in [3.05, 3.63) is 35.4 Å². The van der Waals surface area contributed by atoms with Crippen LogP contribution < -0.4 is 5.32 Å². The van der Waals surface area contributed by atoms with Crippen molar-refractivity contribution in [1.82, 2.24) is 5.32 Å². The fourth-order valence-corrected chi connectivity index (χ4v) is 2.42. The number of carboxylic acids is 1. The number of aromatic carboxylic acids is 1. The summed E-state index contributed by atoms with van der Waals surface area (Å²) < 4.78 is 0. The van der Waals surface area contributed by atoms with Gasteiger partial charge in [-0.3, -0.25) is 4.79 Å². The smallest absolute Gasteiger partial charge is 0.335 e. The van der Waals surface area contributed by atoms with Crippen molar-refractivity contribution in [2.75, 3.05) is 6.54 Å². The minimum atomic E-state index is -0.921. The molecule has 0 radical (unpaired) electrons. The first kappa shape index (κ1) is 13.6. The molecule has 1 aliphatic rings. The lowest BCUT2D eigenvalue weighted by atomic mass is 10.0. The van der Waals surface area contributed by atoms with Gasteiger partial charge in [0.1, 0.15) is 0 Å². The van der Waals surface area contributed by atoms with Crippen molar-refractivity contribution in [1.29, 1.82) is 0 Å². The van der Waals surface area contributed by atoms with Crippen LogP contribution in [0.5, 0.6) is 0 Å². The van der Waals surface area contributed by atoms with Crippen LogP contribution in [0.4, 0.5) is 0 Å². The molecule has 1 aromatic carbocycles. The standard InChI is InChI=1S/C15H19NO3/c1-2-10-9-13(10)14(17)16-8-7-11-5-3-4-6-12(11)15(18)19/h3-6,10,13H,2,7-9H2,1H3,(H,16,17)(H,18,19)/t10-,13-/m1/s1. The van der Waals surface area contributed by atoms with Gasteiger partial charge in [-0.2, -0.15) is 0 Å². The fourth-order valence-electron chi connectivity index (χ4n) is 2.42. The van der Waals surface area contributed by atoms with Gasteiger partial charge in [-0.05, 0) is 30.4 Å². The van der Waals surface area contributed by atoms with Crippen molar-refractivity contribution >= 4 is 11.9 Å². The SMILES string of the molecule is CC[C@@H]1C[C@H]1C(=O)NCCc1ccccc1C(=O)O. The maximum Gasteiger partial charge on any atom is 0.335 e. The molecule has 102 valence electrons. The van der Waals surface area contributed by atoms with Crippen LogP contribution in [-0.4, -0.2) is 23.5 Å². The number of hydrogen-bond donors (Lipinski definition) is 2. The molecule has 0 aliphatic heterocycles. The second-order valence-corrected chi connectivity index (χ2v) is 5.01. The summed E-state index contributed by atoms with van der Waals surface area (Å²) in [4.78, 5) is 22.8. The molecule has 0 saturated heterocycles. The third kappa shape index (κ3) is 3.34. The average molecular weight is 261 g/mol. The maximum absolute atomic E-state index is 11.8. The zero-order chi connectivity index (χ0) is 13.8. The zero-order valence-corrected chi connectivity index (χ0v) is 11.1. The van der Waals surface area contributed by atoms with Gasteiger partial charge in [-0.15, -0.1) is 0 Å². The van der Waals surface area contributed by atoms with Gasteiger partial charge >= 0.3 is 5.97 Å². The van der Waals surface area contributed by atoms with E-state index < -0.39 is 5.97 Å². The lowest BCUT2D eigenvalue weighted by molar-refractivity contribution is -0.122. The van der Waals surface area contributed by atoms with E-state index in [9.17, 15) is 9.59 Å². The predicted molar refractivity (Wildman–Crippen MR) is 72.0 cm³/mol. The van der Waals surface area contributed by atoms with Gasteiger partial charge in [-0.1, -0.05) is 31.5 Å². The van der Waals surface area contributed by atoms with E-state index in [1.807, 2.05) is 6.07 Å². The number of nitrogens with one attached hydrogen (secondary N) is 1. The van der Waals surface area contributed by atoms with Crippen LogP contribution in [0.25, 0.3) is 0 Å². The number of hydrogen-bond acceptors (Lipinski definition) is 2. The summed E-state index contributed by atoms with van der Waals surface area (Å²) in [7, 11) is 0. The Balaban J connectivity index is 1.83. The second-order valence-electron chi connectivity index (χ2n) is 5.01. The third-order valence-corrected chi connectivity index (χ3v) is 3.73. The van der Waals surface area contributed by atoms with Crippen LogP contribution in [0.3, 0.4) is 0 Å². The summed E-state index contributed by atoms with van der Waals surface area (Å²) >= 11 is 0. The lowest BCUT2D eigenvalue weighted by Crippen LogP contribution is -2.28. The van der Waals surface area contributed by atoms with Gasteiger partial charge in [0.15, 0.2) is 0 Å². The number of benzene rings is 1. The van der Waals surface area contributed by atoms with Gasteiger partial charge in [0.25, 0.3) is 0 Å². The van der Waals surface area contributed by atoms with Crippen molar-refractivity contribution in [2.24, 2.45) is 11.8 Å². The lowest BCUT2D eigenvalue weighted by Gasteiger charge is -2.07. The molecular formula is C15H19NO3. The molecule has 1 aromatic rings. The van der Waals surface area contributed by atoms with Crippen LogP contribution in [0.1, 0.15) is 35.7 Å². The van der Waals surface area contributed by atoms with Crippen molar-refractivity contribution in [3.63, 3.8) is 0 Å². The molecule has 1 aliphatic carbocycles. The highest BCUT2D eigenvalue weighted by Crippen LogP contribution is 2.40. The van der Waals surface area contributed by atoms with E-state index in [-0.39, 0.29) is 11.8 Å². The van der Waals surface area contributed by atoms with Gasteiger partial charge < -0.3 is 10.4 Å². The predicted octanol–water partition coefficient (Wildman–Crippen LogP) is 2.09. The third-order valence-electron chi connectivity index (χ3n) is 3.73. The van der Waals surface area contributed by atoms with Gasteiger partial charge in [0.05, 0.1) is 5.56 Å². The summed E-state index contributed by atoms with van der Waals surface area (Å²) in [5, 5.41) is 11.9. The molecule has 1 fully saturated rings. The Bertz CT molecular complexity index is 484. The fraction of sp³-hybridized carbons (Fsp3) is 0.467. The van der Waals surface area contributed by atoms with E-state index in [4.69, 9.17) is 5.11 Å². The number of carboxylic acid groups (broad SMARTS) is 1. The Kier molecular flexibility index (Phi) is 4.20. The van der Waals surface area contributed by atoms with E-state index in [2.05, 4.69) is 12.2 Å². The molecule has 0 spiro atoms. The molecule has 4 nitrogen and oxygen atoms in total. The van der Waals surface area contributed by atoms with Crippen LogP contribution >= 0.6 is 0 Å². The molecule has 2 N–H and O–H groups in total. The normalized spacial score (nSPS) is 20.9. The van der Waals surface area contributed by atoms with Gasteiger partial charge in [0.2, 0.25) is 5.91 Å². The molecule has 2 atom stereocenters. The van der Waals surface area contributed by atoms with Crippen molar-refractivity contribution < 1.29 is 14.7 Å². The number of amides is 1. The van der Waals surface area contributed by atoms with Gasteiger partial charge in [0, 0.05) is 12.5 Å². The Morgan fingerprint density at radius 1 is 1.37 bits per heavy atom. The largest absolute Gasteiger partial charge is 0.478 e. The summed E-state index contributed by atoms with van der Waals surface area (Å²) in [5.74, 6) is -0.0826. The molecular weight excluding hydrogens is 242 g/mol. The van der Waals surface area contributed by atoms with E-state index in [0.717, 1.165) is 18.4 Å². The highest BCUT2D eigenvalue weighted by Gasteiger charge is 2.40. The topological polar surface area (TPSA) is 66.4 Å². The first-order chi connectivity index (χ1) is 9.13. The first-order valence-electron chi connectivity index (χ1n) is 6.72. The minimum absolute atomic E-state index is 0.111. The number of rotatable bonds is 6. The van der Waals surface area contributed by atoms with Crippen LogP contribution in [0.15, 0.2) is 24.3 Å². The monoisotopic (exact) mass is 261 g/mol. The first-order valence-corrected chi connectivity index (χ1v) is 6.72. The van der Waals surface area contributed by atoms with Crippen LogP contribution in [-0.2, 0) is 11.2 Å². The van der Waals surface area contributed by atoms with E-state index >= 15 is 0 Å². The molecule has 1 amide bonds. The second kappa shape index (κ2) is 5.87. The highest BCUT2D eigenvalue weighted by atomic mass is 16.4. The summed E-state index contributed by atoms with van der Waals surface area (Å²) in [6, 6.07) is 6.91. The van der Waals surface area contributed by atoms with Gasteiger partial charge in [-0.25, -0.2) is 4.79 Å². The maximum atomic E-state index is 11.8. The molecule has 0 aromatic heterocycles. The van der Waals surface area contributed by atoms with E-state index in [1.165, 1.54) is 0 Å². The van der Waals surface area contributed by atoms with Crippen molar-refractivity contribution in [3.8, 4) is 0 Å². The minimum Gasteiger partial charge on any atom is -0.478 e. The Morgan fingerprint density at radius 2 is 2.11 bits per heavy atom. The molecule has 0 heterocycles. The molecule has 0 bridgehead atoms. The average Bonchev–Trinajstić information content (AvgIpc) is 3.18. The van der Waals surface area contributed by atoms with Crippen molar-refractivity contribution in [2.45, 2.75) is 26.2 Å². The van der Waals surface area contributed by atoms with Crippen LogP contribution in [0, 0.1) is 11.8 Å². The van der Waals surface area contributed by atoms with E-state index in [0.29, 0.717) is 24.4 Å². The molecule has 4 heteroatoms. The Morgan fingerprint density at radius 3 is 2.74 bits per heavy atom.